The third-order valence-electron chi connectivity index (χ3n) is 2.30. The second-order valence-electron chi connectivity index (χ2n) is 3.62. The maximum Gasteiger partial charge on any atom is 0.338 e. The van der Waals surface area contributed by atoms with E-state index in [0.717, 1.165) is 6.07 Å². The lowest BCUT2D eigenvalue weighted by Crippen LogP contribution is -2.25. The van der Waals surface area contributed by atoms with E-state index in [1.165, 1.54) is 19.2 Å². The highest BCUT2D eigenvalue weighted by Gasteiger charge is 2.19. The van der Waals surface area contributed by atoms with E-state index in [9.17, 15) is 19.7 Å². The zero-order chi connectivity index (χ0) is 15.1. The zero-order valence-corrected chi connectivity index (χ0v) is 11.0. The molecule has 1 aromatic rings. The van der Waals surface area contributed by atoms with Crippen LogP contribution in [0, 0.1) is 10.1 Å². The van der Waals surface area contributed by atoms with E-state index in [4.69, 9.17) is 9.47 Å². The number of hydrogen-bond acceptors (Lipinski definition) is 6. The van der Waals surface area contributed by atoms with E-state index in [2.05, 4.69) is 5.32 Å². The Hall–Kier alpha value is -2.64. The molecule has 0 saturated heterocycles. The van der Waals surface area contributed by atoms with Crippen LogP contribution in [0.2, 0.25) is 0 Å². The summed E-state index contributed by atoms with van der Waals surface area (Å²) in [4.78, 5) is 32.8. The maximum absolute atomic E-state index is 11.6. The molecule has 0 radical (unpaired) electrons. The van der Waals surface area contributed by atoms with Crippen LogP contribution < -0.4 is 10.1 Å². The Labute approximate surface area is 114 Å². The van der Waals surface area contributed by atoms with Gasteiger partial charge in [0.25, 0.3) is 5.91 Å². The Bertz CT molecular complexity index is 529. The van der Waals surface area contributed by atoms with Gasteiger partial charge >= 0.3 is 11.7 Å². The fourth-order valence-electron chi connectivity index (χ4n) is 1.35. The van der Waals surface area contributed by atoms with Gasteiger partial charge in [0.05, 0.1) is 17.1 Å². The molecule has 1 amide bonds. The summed E-state index contributed by atoms with van der Waals surface area (Å²) in [7, 11) is 1.40. The van der Waals surface area contributed by atoms with Gasteiger partial charge in [-0.25, -0.2) is 4.79 Å². The van der Waals surface area contributed by atoms with Gasteiger partial charge in [0.1, 0.15) is 0 Å². The number of ether oxygens (including phenoxy) is 2. The Morgan fingerprint density at radius 2 is 2.10 bits per heavy atom. The smallest absolute Gasteiger partial charge is 0.338 e. The van der Waals surface area contributed by atoms with E-state index in [0.29, 0.717) is 0 Å². The highest BCUT2D eigenvalue weighted by Crippen LogP contribution is 2.28. The van der Waals surface area contributed by atoms with Gasteiger partial charge < -0.3 is 14.8 Å². The van der Waals surface area contributed by atoms with Crippen molar-refractivity contribution in [3.8, 4) is 5.75 Å². The number of esters is 1. The first-order chi connectivity index (χ1) is 9.49. The number of benzene rings is 1. The number of likely N-dealkylation sites (N-methyl/N-ethyl adjacent to an activating group) is 1. The quantitative estimate of drug-likeness (QED) is 0.471. The molecule has 1 rings (SSSR count). The Morgan fingerprint density at radius 1 is 1.40 bits per heavy atom. The molecule has 0 aliphatic rings. The average molecular weight is 282 g/mol. The Balaban J connectivity index is 2.91. The monoisotopic (exact) mass is 282 g/mol. The van der Waals surface area contributed by atoms with E-state index >= 15 is 0 Å². The molecule has 0 spiro atoms. The Morgan fingerprint density at radius 3 is 2.65 bits per heavy atom. The molecular weight excluding hydrogens is 268 g/mol. The van der Waals surface area contributed by atoms with Crippen LogP contribution in [0.15, 0.2) is 18.2 Å². The van der Waals surface area contributed by atoms with Crippen molar-refractivity contribution in [1.29, 1.82) is 0 Å². The van der Waals surface area contributed by atoms with Crippen molar-refractivity contribution in [3.63, 3.8) is 0 Å². The number of nitro groups is 1. The number of nitro benzene ring substituents is 1. The molecular formula is C12H14N2O6. The van der Waals surface area contributed by atoms with Gasteiger partial charge in [-0.1, -0.05) is 0 Å². The lowest BCUT2D eigenvalue weighted by molar-refractivity contribution is -0.385. The molecule has 1 N–H and O–H groups in total. The molecule has 0 aromatic heterocycles. The normalized spacial score (nSPS) is 9.70. The van der Waals surface area contributed by atoms with Crippen molar-refractivity contribution < 1.29 is 24.0 Å². The Kier molecular flexibility index (Phi) is 5.45. The summed E-state index contributed by atoms with van der Waals surface area (Å²) >= 11 is 0. The van der Waals surface area contributed by atoms with Gasteiger partial charge in [0.2, 0.25) is 0 Å². The molecule has 0 heterocycles. The SMILES string of the molecule is CCOc1ccc(C(=O)OCC(=O)NC)cc1[N+](=O)[O-]. The van der Waals surface area contributed by atoms with Crippen molar-refractivity contribution in [2.45, 2.75) is 6.92 Å². The summed E-state index contributed by atoms with van der Waals surface area (Å²) < 4.78 is 9.79. The second-order valence-corrected chi connectivity index (χ2v) is 3.62. The largest absolute Gasteiger partial charge is 0.487 e. The van der Waals surface area contributed by atoms with Crippen LogP contribution in [-0.4, -0.2) is 37.1 Å². The topological polar surface area (TPSA) is 108 Å². The molecule has 20 heavy (non-hydrogen) atoms. The summed E-state index contributed by atoms with van der Waals surface area (Å²) in [6, 6.07) is 3.71. The summed E-state index contributed by atoms with van der Waals surface area (Å²) in [5, 5.41) is 13.2. The van der Waals surface area contributed by atoms with Crippen LogP contribution in [0.4, 0.5) is 5.69 Å². The number of rotatable bonds is 6. The maximum atomic E-state index is 11.6. The third-order valence-corrected chi connectivity index (χ3v) is 2.30. The first kappa shape index (κ1) is 15.4. The van der Waals surface area contributed by atoms with Crippen LogP contribution in [0.5, 0.6) is 5.75 Å². The lowest BCUT2D eigenvalue weighted by Gasteiger charge is -2.06. The predicted octanol–water partition coefficient (Wildman–Crippen LogP) is 0.896. The summed E-state index contributed by atoms with van der Waals surface area (Å²) in [6.45, 7) is 1.51. The molecule has 8 nitrogen and oxygen atoms in total. The van der Waals surface area contributed by atoms with Gasteiger partial charge in [-0.2, -0.15) is 0 Å². The van der Waals surface area contributed by atoms with Crippen LogP contribution in [0.3, 0.4) is 0 Å². The van der Waals surface area contributed by atoms with Crippen LogP contribution in [0.25, 0.3) is 0 Å². The molecule has 0 atom stereocenters. The van der Waals surface area contributed by atoms with Gasteiger partial charge in [-0.3, -0.25) is 14.9 Å². The summed E-state index contributed by atoms with van der Waals surface area (Å²) in [5.74, 6) is -1.22. The molecule has 8 heteroatoms. The molecule has 0 saturated carbocycles. The van der Waals surface area contributed by atoms with Gasteiger partial charge in [0.15, 0.2) is 12.4 Å². The summed E-state index contributed by atoms with van der Waals surface area (Å²) in [6.07, 6.45) is 0. The van der Waals surface area contributed by atoms with Crippen LogP contribution in [0.1, 0.15) is 17.3 Å². The fourth-order valence-corrected chi connectivity index (χ4v) is 1.35. The minimum Gasteiger partial charge on any atom is -0.487 e. The average Bonchev–Trinajstić information content (AvgIpc) is 2.44. The third kappa shape index (κ3) is 3.94. The molecule has 0 unspecified atom stereocenters. The first-order valence-corrected chi connectivity index (χ1v) is 5.78. The number of amides is 1. The highest BCUT2D eigenvalue weighted by molar-refractivity contribution is 5.92. The lowest BCUT2D eigenvalue weighted by atomic mass is 10.2. The number of carbonyl (C=O) groups is 2. The van der Waals surface area contributed by atoms with Gasteiger partial charge in [0, 0.05) is 13.1 Å². The zero-order valence-electron chi connectivity index (χ0n) is 11.0. The van der Waals surface area contributed by atoms with Crippen molar-refractivity contribution in [1.82, 2.24) is 5.32 Å². The molecule has 108 valence electrons. The minimum absolute atomic E-state index is 0.0240. The van der Waals surface area contributed by atoms with Crippen molar-refractivity contribution in [2.24, 2.45) is 0 Å². The fraction of sp³-hybridized carbons (Fsp3) is 0.333. The minimum atomic E-state index is -0.820. The number of nitrogens with one attached hydrogen (secondary N) is 1. The van der Waals surface area contributed by atoms with E-state index in [-0.39, 0.29) is 23.6 Å². The number of hydrogen-bond donors (Lipinski definition) is 1. The molecule has 0 aliphatic carbocycles. The van der Waals surface area contributed by atoms with Gasteiger partial charge in [-0.05, 0) is 19.1 Å². The molecule has 0 fully saturated rings. The summed E-state index contributed by atoms with van der Waals surface area (Å²) in [5.41, 5.74) is -0.356. The van der Waals surface area contributed by atoms with Crippen molar-refractivity contribution >= 4 is 17.6 Å². The predicted molar refractivity (Wildman–Crippen MR) is 68.6 cm³/mol. The van der Waals surface area contributed by atoms with Crippen LogP contribution in [-0.2, 0) is 9.53 Å². The second kappa shape index (κ2) is 7.07. The van der Waals surface area contributed by atoms with Gasteiger partial charge in [-0.15, -0.1) is 0 Å². The van der Waals surface area contributed by atoms with E-state index in [1.807, 2.05) is 0 Å². The molecule has 0 aliphatic heterocycles. The van der Waals surface area contributed by atoms with Crippen LogP contribution >= 0.6 is 0 Å². The number of carbonyl (C=O) groups excluding carboxylic acids is 2. The van der Waals surface area contributed by atoms with Crippen molar-refractivity contribution in [3.05, 3.63) is 33.9 Å². The van der Waals surface area contributed by atoms with Crippen molar-refractivity contribution in [2.75, 3.05) is 20.3 Å². The number of nitrogens with zero attached hydrogens (tertiary/aromatic N) is 1. The molecule has 0 bridgehead atoms. The van der Waals surface area contributed by atoms with E-state index < -0.39 is 23.4 Å². The standard InChI is InChI=1S/C12H14N2O6/c1-3-19-10-5-4-8(6-9(10)14(17)18)12(16)20-7-11(15)13-2/h4-6H,3,7H2,1-2H3,(H,13,15). The first-order valence-electron chi connectivity index (χ1n) is 5.78. The molecule has 1 aromatic carbocycles. The highest BCUT2D eigenvalue weighted by atomic mass is 16.6. The van der Waals surface area contributed by atoms with E-state index in [1.54, 1.807) is 6.92 Å².